The van der Waals surface area contributed by atoms with Crippen molar-refractivity contribution >= 4 is 11.0 Å². The predicted octanol–water partition coefficient (Wildman–Crippen LogP) is -0.983. The van der Waals surface area contributed by atoms with Crippen molar-refractivity contribution < 1.29 is 38.2 Å². The average Bonchev–Trinajstić information content (AvgIpc) is 0. The molecular formula is NOSiY. The molecule has 0 N–H and O–H groups in total. The van der Waals surface area contributed by atoms with Gasteiger partial charge in [0.15, 0.2) is 0 Å². The largest absolute Gasteiger partial charge is 0 e. The molecule has 0 rings (SSSR count). The van der Waals surface area contributed by atoms with E-state index in [2.05, 4.69) is 0 Å². The molecule has 2 nitrogen and oxygen atoms in total. The van der Waals surface area contributed by atoms with Crippen LogP contribution in [-0.4, -0.2) is 11.0 Å². The van der Waals surface area contributed by atoms with E-state index in [1.807, 2.05) is 0 Å². The first kappa shape index (κ1) is 61.2. The van der Waals surface area contributed by atoms with Gasteiger partial charge in [-0.1, -0.05) is 0 Å². The number of nitrogens with zero attached hydrogens (tertiary/aromatic N) is 1. The zero-order chi connectivity index (χ0) is 0. The van der Waals surface area contributed by atoms with E-state index in [-0.39, 0.29) is 55.3 Å². The van der Waals surface area contributed by atoms with Crippen LogP contribution in [0.4, 0.5) is 0 Å². The van der Waals surface area contributed by atoms with E-state index in [0.717, 1.165) is 0 Å². The Kier molecular flexibility index (Phi) is 443. The Balaban J connectivity index is 0. The summed E-state index contributed by atoms with van der Waals surface area (Å²) >= 11 is 0. The minimum atomic E-state index is 0. The second-order valence-electron chi connectivity index (χ2n) is 0. The van der Waals surface area contributed by atoms with Gasteiger partial charge in [-0.3, -0.25) is 0 Å². The quantitative estimate of drug-likeness (QED) is 0.395. The van der Waals surface area contributed by atoms with Crippen LogP contribution in [0.1, 0.15) is 0 Å². The second-order valence-corrected chi connectivity index (χ2v) is 0. The maximum atomic E-state index is 0. The summed E-state index contributed by atoms with van der Waals surface area (Å²) in [5.74, 6) is 0. The smallest absolute Gasteiger partial charge is 0 e. The summed E-state index contributed by atoms with van der Waals surface area (Å²) in [5, 5.41) is 0. The van der Waals surface area contributed by atoms with E-state index in [1.165, 1.54) is 0 Å². The molecule has 0 bridgehead atoms. The van der Waals surface area contributed by atoms with Gasteiger partial charge >= 0.3 is 0 Å². The molecule has 4 heteroatoms. The average molecular weight is 147 g/mol. The van der Waals surface area contributed by atoms with Crippen LogP contribution in [0.5, 0.6) is 0 Å². The van der Waals surface area contributed by atoms with Crippen molar-refractivity contribution in [3.05, 3.63) is 0 Å². The van der Waals surface area contributed by atoms with Crippen molar-refractivity contribution in [3.63, 3.8) is 0 Å². The second kappa shape index (κ2) is 28.9. The Morgan fingerprint density at radius 3 is 1.00 bits per heavy atom. The number of rotatable bonds is 0. The van der Waals surface area contributed by atoms with Gasteiger partial charge in [0.25, 0.3) is 0 Å². The van der Waals surface area contributed by atoms with Crippen LogP contribution in [0.2, 0.25) is 0 Å². The maximum Gasteiger partial charge on any atom is 0 e. The molecule has 10 radical (unpaired) electrons. The molecule has 0 saturated carbocycles. The molecular weight excluding hydrogens is 147 g/mol. The Morgan fingerprint density at radius 1 is 1.00 bits per heavy atom. The minimum Gasteiger partial charge on any atom is 0 e. The van der Waals surface area contributed by atoms with Gasteiger partial charge in [0.2, 0.25) is 0 Å². The van der Waals surface area contributed by atoms with Gasteiger partial charge in [-0.2, -0.15) is 0 Å². The van der Waals surface area contributed by atoms with Gasteiger partial charge < -0.3 is 0 Å². The van der Waals surface area contributed by atoms with Crippen LogP contribution in [0, 0.1) is 0 Å². The van der Waals surface area contributed by atoms with Crippen molar-refractivity contribution in [2.75, 3.05) is 0 Å². The van der Waals surface area contributed by atoms with E-state index >= 15 is 0 Å². The Bertz CT molecular complexity index is 8.00. The molecule has 0 aromatic heterocycles. The first-order chi connectivity index (χ1) is 0. The van der Waals surface area contributed by atoms with Crippen molar-refractivity contribution in [1.29, 1.82) is 0 Å². The summed E-state index contributed by atoms with van der Waals surface area (Å²) in [6, 6.07) is 0. The van der Waals surface area contributed by atoms with Crippen molar-refractivity contribution in [1.82, 2.24) is 6.15 Å². The third kappa shape index (κ3) is 10.6. The number of hydrogen-bond acceptors (Lipinski definition) is 0. The third-order valence-electron chi connectivity index (χ3n) is 0. The first-order valence-electron chi connectivity index (χ1n) is 0. The Morgan fingerprint density at radius 2 is 1.00 bits per heavy atom. The summed E-state index contributed by atoms with van der Waals surface area (Å²) < 4.78 is 0. The molecule has 0 aliphatic rings. The fraction of sp³-hybridized carbons (Fsp3) is 0. The Labute approximate surface area is 55.1 Å². The van der Waals surface area contributed by atoms with Crippen LogP contribution in [0.15, 0.2) is 0 Å². The SMILES string of the molecule is [N].[O].[Si].[Y]. The number of hydrogen-bond donors (Lipinski definition) is 0. The van der Waals surface area contributed by atoms with Crippen molar-refractivity contribution in [2.24, 2.45) is 0 Å². The summed E-state index contributed by atoms with van der Waals surface area (Å²) in [7, 11) is 0. The molecule has 18 valence electrons. The summed E-state index contributed by atoms with van der Waals surface area (Å²) in [6.07, 6.45) is 0. The molecule has 0 heterocycles. The molecule has 0 unspecified atom stereocenters. The van der Waals surface area contributed by atoms with Crippen LogP contribution in [0.25, 0.3) is 0 Å². The molecule has 0 spiro atoms. The molecule has 0 saturated heterocycles. The van der Waals surface area contributed by atoms with Crippen LogP contribution < -0.4 is 6.15 Å². The zero-order valence-corrected chi connectivity index (χ0v) is 5.77. The molecule has 0 amide bonds. The first-order valence-corrected chi connectivity index (χ1v) is 0. The van der Waals surface area contributed by atoms with Crippen molar-refractivity contribution in [2.45, 2.75) is 0 Å². The Hall–Kier alpha value is 1.24. The van der Waals surface area contributed by atoms with Crippen LogP contribution >= 0.6 is 0 Å². The van der Waals surface area contributed by atoms with Gasteiger partial charge in [-0.15, -0.1) is 0 Å². The monoisotopic (exact) mass is 147 g/mol. The van der Waals surface area contributed by atoms with Crippen molar-refractivity contribution in [3.8, 4) is 0 Å². The standard InChI is InChI=1S/N.O.Si.Y. The zero-order valence-electron chi connectivity index (χ0n) is 1.93. The molecule has 4 heavy (non-hydrogen) atoms. The molecule has 0 fully saturated rings. The molecule has 0 aromatic rings. The minimum absolute atomic E-state index is 0. The molecule has 0 aromatic carbocycles. The maximum absolute atomic E-state index is 0. The molecule has 0 atom stereocenters. The van der Waals surface area contributed by atoms with Crippen LogP contribution in [0.3, 0.4) is 0 Å². The van der Waals surface area contributed by atoms with Gasteiger partial charge in [-0.25, -0.2) is 0 Å². The van der Waals surface area contributed by atoms with E-state index in [4.69, 9.17) is 0 Å². The molecule has 0 aliphatic heterocycles. The topological polar surface area (TPSA) is 59.0 Å². The normalized spacial score (nSPS) is 0. The van der Waals surface area contributed by atoms with E-state index in [0.29, 0.717) is 0 Å². The van der Waals surface area contributed by atoms with Gasteiger partial charge in [0.05, 0.1) is 0 Å². The van der Waals surface area contributed by atoms with Gasteiger partial charge in [0, 0.05) is 55.3 Å². The summed E-state index contributed by atoms with van der Waals surface area (Å²) in [4.78, 5) is 0. The van der Waals surface area contributed by atoms with Gasteiger partial charge in [-0.05, 0) is 0 Å². The predicted molar refractivity (Wildman–Crippen MR) is 8.57 cm³/mol. The molecule has 0 aliphatic carbocycles. The van der Waals surface area contributed by atoms with Crippen LogP contribution in [-0.2, 0) is 38.2 Å². The summed E-state index contributed by atoms with van der Waals surface area (Å²) in [6.45, 7) is 0. The summed E-state index contributed by atoms with van der Waals surface area (Å²) in [5.41, 5.74) is 0. The van der Waals surface area contributed by atoms with E-state index in [9.17, 15) is 0 Å². The third-order valence-corrected chi connectivity index (χ3v) is 0. The van der Waals surface area contributed by atoms with Gasteiger partial charge in [0.1, 0.15) is 0 Å². The fourth-order valence-electron chi connectivity index (χ4n) is 0. The van der Waals surface area contributed by atoms with E-state index < -0.39 is 0 Å². The fourth-order valence-corrected chi connectivity index (χ4v) is 0. The van der Waals surface area contributed by atoms with E-state index in [1.54, 1.807) is 0 Å².